The van der Waals surface area contributed by atoms with E-state index in [1.807, 2.05) is 37.3 Å². The van der Waals surface area contributed by atoms with Crippen LogP contribution in [0.3, 0.4) is 0 Å². The summed E-state index contributed by atoms with van der Waals surface area (Å²) < 4.78 is 7.08. The molecule has 1 aromatic heterocycles. The third kappa shape index (κ3) is 2.93. The Labute approximate surface area is 111 Å². The van der Waals surface area contributed by atoms with E-state index in [1.165, 1.54) is 0 Å². The first kappa shape index (κ1) is 13.1. The van der Waals surface area contributed by atoms with E-state index in [2.05, 4.69) is 5.10 Å². The van der Waals surface area contributed by atoms with E-state index < -0.39 is 5.97 Å². The van der Waals surface area contributed by atoms with Crippen molar-refractivity contribution in [3.8, 4) is 11.4 Å². The van der Waals surface area contributed by atoms with Gasteiger partial charge in [0.25, 0.3) is 0 Å². The molecule has 0 saturated heterocycles. The number of rotatable bonds is 5. The molecule has 2 aromatic rings. The van der Waals surface area contributed by atoms with Crippen molar-refractivity contribution >= 4 is 5.97 Å². The predicted octanol–water partition coefficient (Wildman–Crippen LogP) is 2.21. The van der Waals surface area contributed by atoms with E-state index in [9.17, 15) is 4.79 Å². The Balaban J connectivity index is 2.32. The third-order valence-electron chi connectivity index (χ3n) is 2.85. The van der Waals surface area contributed by atoms with Gasteiger partial charge in [-0.2, -0.15) is 5.10 Å². The van der Waals surface area contributed by atoms with Crippen LogP contribution >= 0.6 is 0 Å². The van der Waals surface area contributed by atoms with Crippen LogP contribution in [0.4, 0.5) is 0 Å². The summed E-state index contributed by atoms with van der Waals surface area (Å²) in [4.78, 5) is 10.6. The number of carbonyl (C=O) groups is 1. The highest BCUT2D eigenvalue weighted by atomic mass is 16.5. The summed E-state index contributed by atoms with van der Waals surface area (Å²) >= 11 is 0. The molecule has 5 nitrogen and oxygen atoms in total. The van der Waals surface area contributed by atoms with Gasteiger partial charge in [0.2, 0.25) is 0 Å². The number of carboxylic acids is 1. The summed E-state index contributed by atoms with van der Waals surface area (Å²) in [6.45, 7) is 1.93. The summed E-state index contributed by atoms with van der Waals surface area (Å²) in [7, 11) is 1.61. The Hall–Kier alpha value is -2.30. The molecule has 2 rings (SSSR count). The maximum Gasteiger partial charge on any atom is 0.303 e. The summed E-state index contributed by atoms with van der Waals surface area (Å²) in [5, 5.41) is 13.1. The molecule has 100 valence electrons. The quantitative estimate of drug-likeness (QED) is 0.895. The van der Waals surface area contributed by atoms with Crippen LogP contribution in [0.2, 0.25) is 0 Å². The van der Waals surface area contributed by atoms with Crippen molar-refractivity contribution in [1.82, 2.24) is 9.78 Å². The van der Waals surface area contributed by atoms with Crippen LogP contribution in [0.5, 0.6) is 5.75 Å². The molecule has 0 spiro atoms. The Morgan fingerprint density at radius 2 is 2.16 bits per heavy atom. The second-order valence-electron chi connectivity index (χ2n) is 4.25. The summed E-state index contributed by atoms with van der Waals surface area (Å²) in [5.41, 5.74) is 2.57. The smallest absolute Gasteiger partial charge is 0.303 e. The molecule has 5 heteroatoms. The molecular formula is C14H16N2O3. The molecule has 1 heterocycles. The molecule has 1 aromatic carbocycles. The molecule has 0 saturated carbocycles. The first-order chi connectivity index (χ1) is 9.11. The highest BCUT2D eigenvalue weighted by Crippen LogP contribution is 2.23. The van der Waals surface area contributed by atoms with Crippen LogP contribution in [-0.4, -0.2) is 28.0 Å². The average molecular weight is 260 g/mol. The minimum atomic E-state index is -0.815. The number of carboxylic acid groups (broad SMARTS) is 1. The number of hydrogen-bond acceptors (Lipinski definition) is 3. The van der Waals surface area contributed by atoms with Gasteiger partial charge in [0, 0.05) is 12.1 Å². The fourth-order valence-corrected chi connectivity index (χ4v) is 1.94. The molecule has 0 radical (unpaired) electrons. The minimum absolute atomic E-state index is 0.0857. The zero-order valence-electron chi connectivity index (χ0n) is 11.0. The van der Waals surface area contributed by atoms with E-state index in [0.717, 1.165) is 22.8 Å². The summed E-state index contributed by atoms with van der Waals surface area (Å²) in [6, 6.07) is 9.49. The number of aryl methyl sites for hydroxylation is 2. The minimum Gasteiger partial charge on any atom is -0.494 e. The summed E-state index contributed by atoms with van der Waals surface area (Å²) in [5.74, 6) is -0.0806. The number of hydrogen-bond donors (Lipinski definition) is 1. The first-order valence-corrected chi connectivity index (χ1v) is 6.02. The lowest BCUT2D eigenvalue weighted by atomic mass is 10.2. The first-order valence-electron chi connectivity index (χ1n) is 6.02. The van der Waals surface area contributed by atoms with Gasteiger partial charge in [-0.05, 0) is 25.1 Å². The Bertz CT molecular complexity index is 590. The Kier molecular flexibility index (Phi) is 3.85. The number of nitrogens with zero attached hydrogens (tertiary/aromatic N) is 2. The van der Waals surface area contributed by atoms with Crippen LogP contribution in [0, 0.1) is 6.92 Å². The normalized spacial score (nSPS) is 10.4. The highest BCUT2D eigenvalue weighted by molar-refractivity contribution is 5.67. The van der Waals surface area contributed by atoms with Crippen molar-refractivity contribution in [3.05, 3.63) is 41.7 Å². The SMILES string of the molecule is COc1ccccc1-n1nc(CCC(=O)O)cc1C. The van der Waals surface area contributed by atoms with Gasteiger partial charge in [-0.3, -0.25) is 4.79 Å². The molecule has 0 aliphatic carbocycles. The van der Waals surface area contributed by atoms with Crippen molar-refractivity contribution in [2.24, 2.45) is 0 Å². The fourth-order valence-electron chi connectivity index (χ4n) is 1.94. The maximum atomic E-state index is 10.6. The van der Waals surface area contributed by atoms with E-state index >= 15 is 0 Å². The van der Waals surface area contributed by atoms with E-state index in [1.54, 1.807) is 11.8 Å². The fraction of sp³-hybridized carbons (Fsp3) is 0.286. The number of methoxy groups -OCH3 is 1. The van der Waals surface area contributed by atoms with Crippen LogP contribution in [0.1, 0.15) is 17.8 Å². The molecule has 0 fully saturated rings. The molecule has 0 amide bonds. The molecule has 0 atom stereocenters. The zero-order chi connectivity index (χ0) is 13.8. The standard InChI is InChI=1S/C14H16N2O3/c1-10-9-11(7-8-14(17)18)15-16(10)12-5-3-4-6-13(12)19-2/h3-6,9H,7-8H2,1-2H3,(H,17,18). The largest absolute Gasteiger partial charge is 0.494 e. The van der Waals surface area contributed by atoms with Gasteiger partial charge in [0.05, 0.1) is 19.2 Å². The summed E-state index contributed by atoms with van der Waals surface area (Å²) in [6.07, 6.45) is 0.515. The van der Waals surface area contributed by atoms with Crippen molar-refractivity contribution in [2.75, 3.05) is 7.11 Å². The highest BCUT2D eigenvalue weighted by Gasteiger charge is 2.11. The second-order valence-corrected chi connectivity index (χ2v) is 4.25. The van der Waals surface area contributed by atoms with Gasteiger partial charge < -0.3 is 9.84 Å². The van der Waals surface area contributed by atoms with Crippen molar-refractivity contribution in [1.29, 1.82) is 0 Å². The van der Waals surface area contributed by atoms with Gasteiger partial charge in [-0.1, -0.05) is 12.1 Å². The van der Waals surface area contributed by atoms with Gasteiger partial charge >= 0.3 is 5.97 Å². The number of aromatic nitrogens is 2. The molecule has 19 heavy (non-hydrogen) atoms. The van der Waals surface area contributed by atoms with E-state index in [4.69, 9.17) is 9.84 Å². The van der Waals surface area contributed by atoms with Crippen molar-refractivity contribution < 1.29 is 14.6 Å². The van der Waals surface area contributed by atoms with Gasteiger partial charge in [-0.25, -0.2) is 4.68 Å². The molecule has 0 aliphatic rings. The number of aliphatic carboxylic acids is 1. The lowest BCUT2D eigenvalue weighted by Gasteiger charge is -2.09. The molecule has 1 N–H and O–H groups in total. The maximum absolute atomic E-state index is 10.6. The Morgan fingerprint density at radius 3 is 2.84 bits per heavy atom. The van der Waals surface area contributed by atoms with Crippen LogP contribution in [0.25, 0.3) is 5.69 Å². The molecule has 0 bridgehead atoms. The van der Waals surface area contributed by atoms with Crippen molar-refractivity contribution in [3.63, 3.8) is 0 Å². The van der Waals surface area contributed by atoms with Gasteiger partial charge in [-0.15, -0.1) is 0 Å². The average Bonchev–Trinajstić information content (AvgIpc) is 2.77. The van der Waals surface area contributed by atoms with Gasteiger partial charge in [0.15, 0.2) is 0 Å². The van der Waals surface area contributed by atoms with Crippen LogP contribution in [-0.2, 0) is 11.2 Å². The molecule has 0 aliphatic heterocycles. The number of ether oxygens (including phenoxy) is 1. The van der Waals surface area contributed by atoms with Crippen LogP contribution in [0.15, 0.2) is 30.3 Å². The predicted molar refractivity (Wildman–Crippen MR) is 70.8 cm³/mol. The van der Waals surface area contributed by atoms with E-state index in [0.29, 0.717) is 6.42 Å². The Morgan fingerprint density at radius 1 is 1.42 bits per heavy atom. The van der Waals surface area contributed by atoms with Crippen molar-refractivity contribution in [2.45, 2.75) is 19.8 Å². The molecular weight excluding hydrogens is 244 g/mol. The third-order valence-corrected chi connectivity index (χ3v) is 2.85. The van der Waals surface area contributed by atoms with Gasteiger partial charge in [0.1, 0.15) is 11.4 Å². The van der Waals surface area contributed by atoms with E-state index in [-0.39, 0.29) is 6.42 Å². The number of para-hydroxylation sites is 2. The lowest BCUT2D eigenvalue weighted by molar-refractivity contribution is -0.136. The van der Waals surface area contributed by atoms with Crippen LogP contribution < -0.4 is 4.74 Å². The number of benzene rings is 1. The zero-order valence-corrected chi connectivity index (χ0v) is 11.0. The second kappa shape index (κ2) is 5.56. The lowest BCUT2D eigenvalue weighted by Crippen LogP contribution is -2.03. The topological polar surface area (TPSA) is 64.4 Å². The monoisotopic (exact) mass is 260 g/mol. The molecule has 0 unspecified atom stereocenters.